The summed E-state index contributed by atoms with van der Waals surface area (Å²) in [5, 5.41) is 12.0. The van der Waals surface area contributed by atoms with Gasteiger partial charge in [-0.3, -0.25) is 9.69 Å². The van der Waals surface area contributed by atoms with E-state index in [1.54, 1.807) is 18.2 Å². The highest BCUT2D eigenvalue weighted by molar-refractivity contribution is 5.96. The number of nitrogens with zero attached hydrogens (tertiary/aromatic N) is 1. The summed E-state index contributed by atoms with van der Waals surface area (Å²) in [6.07, 6.45) is 2.17. The summed E-state index contributed by atoms with van der Waals surface area (Å²) in [4.78, 5) is 14.4. The number of nitrogens with two attached hydrogens (primary N) is 1. The lowest BCUT2D eigenvalue weighted by Crippen LogP contribution is -2.44. The molecule has 21 heavy (non-hydrogen) atoms. The van der Waals surface area contributed by atoms with Crippen molar-refractivity contribution in [3.63, 3.8) is 0 Å². The number of carbonyl (C=O) groups is 1. The van der Waals surface area contributed by atoms with Crippen LogP contribution < -0.4 is 15.8 Å². The number of methoxy groups -OCH3 is 1. The first-order valence-electron chi connectivity index (χ1n) is 7.17. The Morgan fingerprint density at radius 1 is 1.57 bits per heavy atom. The third-order valence-corrected chi connectivity index (χ3v) is 3.73. The molecule has 116 valence electrons. The van der Waals surface area contributed by atoms with Gasteiger partial charge in [0.15, 0.2) is 0 Å². The number of ether oxygens (including phenoxy) is 1. The van der Waals surface area contributed by atoms with Gasteiger partial charge in [-0.25, -0.2) is 0 Å². The molecule has 1 unspecified atom stereocenters. The molecular weight excluding hydrogens is 270 g/mol. The molecule has 0 heterocycles. The van der Waals surface area contributed by atoms with Gasteiger partial charge in [0.25, 0.3) is 0 Å². The first-order valence-corrected chi connectivity index (χ1v) is 7.17. The van der Waals surface area contributed by atoms with E-state index in [-0.39, 0.29) is 18.6 Å². The quantitative estimate of drug-likeness (QED) is 0.654. The van der Waals surface area contributed by atoms with E-state index in [2.05, 4.69) is 5.32 Å². The lowest BCUT2D eigenvalue weighted by molar-refractivity contribution is -0.121. The maximum absolute atomic E-state index is 12.4. The Morgan fingerprint density at radius 2 is 2.29 bits per heavy atom. The maximum atomic E-state index is 12.4. The predicted octanol–water partition coefficient (Wildman–Crippen LogP) is 1.06. The van der Waals surface area contributed by atoms with Gasteiger partial charge in [0.05, 0.1) is 25.4 Å². The summed E-state index contributed by atoms with van der Waals surface area (Å²) in [6, 6.07) is 5.23. The van der Waals surface area contributed by atoms with Gasteiger partial charge in [0, 0.05) is 24.3 Å². The van der Waals surface area contributed by atoms with Crippen LogP contribution in [0.4, 0.5) is 11.4 Å². The van der Waals surface area contributed by atoms with Crippen molar-refractivity contribution in [1.29, 1.82) is 0 Å². The van der Waals surface area contributed by atoms with Crippen LogP contribution >= 0.6 is 0 Å². The normalized spacial score (nSPS) is 15.8. The fourth-order valence-electron chi connectivity index (χ4n) is 2.41. The van der Waals surface area contributed by atoms with E-state index in [1.807, 2.05) is 11.8 Å². The molecule has 1 amide bonds. The number of nitrogen functional groups attached to an aromatic ring is 1. The van der Waals surface area contributed by atoms with Crippen molar-refractivity contribution in [1.82, 2.24) is 4.90 Å². The molecule has 1 atom stereocenters. The Hall–Kier alpha value is -1.79. The first kappa shape index (κ1) is 15.6. The van der Waals surface area contributed by atoms with Gasteiger partial charge in [0.1, 0.15) is 5.75 Å². The number of aliphatic hydroxyl groups is 1. The Labute approximate surface area is 124 Å². The monoisotopic (exact) mass is 293 g/mol. The minimum atomic E-state index is -0.299. The van der Waals surface area contributed by atoms with Crippen molar-refractivity contribution < 1.29 is 14.6 Å². The highest BCUT2D eigenvalue weighted by Gasteiger charge is 2.34. The highest BCUT2D eigenvalue weighted by Crippen LogP contribution is 2.30. The van der Waals surface area contributed by atoms with Crippen molar-refractivity contribution in [2.75, 3.05) is 31.3 Å². The van der Waals surface area contributed by atoms with Crippen molar-refractivity contribution in [3.8, 4) is 5.75 Å². The zero-order valence-corrected chi connectivity index (χ0v) is 12.5. The Morgan fingerprint density at radius 3 is 2.86 bits per heavy atom. The van der Waals surface area contributed by atoms with Gasteiger partial charge in [-0.05, 0) is 31.9 Å². The Bertz CT molecular complexity index is 503. The molecule has 4 N–H and O–H groups in total. The van der Waals surface area contributed by atoms with E-state index in [4.69, 9.17) is 15.6 Å². The first-order chi connectivity index (χ1) is 10.1. The van der Waals surface area contributed by atoms with E-state index in [1.165, 1.54) is 7.11 Å². The van der Waals surface area contributed by atoms with Crippen molar-refractivity contribution in [3.05, 3.63) is 18.2 Å². The van der Waals surface area contributed by atoms with E-state index in [0.717, 1.165) is 12.8 Å². The molecule has 0 aromatic heterocycles. The molecule has 2 rings (SSSR count). The molecule has 1 aliphatic rings. The summed E-state index contributed by atoms with van der Waals surface area (Å²) in [5.41, 5.74) is 6.88. The standard InChI is InChI=1S/C15H23N3O3/c1-10(18(7-8-19)12-4-5-12)15(20)17-13-6-3-11(16)9-14(13)21-2/h3,6,9-10,12,19H,4-5,7-8,16H2,1-2H3,(H,17,20). The van der Waals surface area contributed by atoms with Crippen LogP contribution in [0.1, 0.15) is 19.8 Å². The second kappa shape index (κ2) is 6.78. The van der Waals surface area contributed by atoms with Crippen LogP contribution in [0.2, 0.25) is 0 Å². The van der Waals surface area contributed by atoms with E-state index >= 15 is 0 Å². The molecule has 1 saturated carbocycles. The van der Waals surface area contributed by atoms with Crippen LogP contribution in [0, 0.1) is 0 Å². The molecule has 0 spiro atoms. The predicted molar refractivity (Wildman–Crippen MR) is 82.3 cm³/mol. The van der Waals surface area contributed by atoms with E-state index in [9.17, 15) is 4.79 Å². The number of carbonyl (C=O) groups excluding carboxylic acids is 1. The second-order valence-electron chi connectivity index (χ2n) is 5.32. The van der Waals surface area contributed by atoms with Crippen molar-refractivity contribution in [2.45, 2.75) is 31.8 Å². The number of rotatable bonds is 7. The molecule has 0 aliphatic heterocycles. The molecule has 0 bridgehead atoms. The zero-order valence-electron chi connectivity index (χ0n) is 12.5. The van der Waals surface area contributed by atoms with Crippen LogP contribution in [0.15, 0.2) is 18.2 Å². The fourth-order valence-corrected chi connectivity index (χ4v) is 2.41. The summed E-state index contributed by atoms with van der Waals surface area (Å²) >= 11 is 0. The number of aliphatic hydroxyl groups excluding tert-OH is 1. The fraction of sp³-hybridized carbons (Fsp3) is 0.533. The Kier molecular flexibility index (Phi) is 5.03. The molecule has 1 aromatic rings. The number of hydrogen-bond acceptors (Lipinski definition) is 5. The van der Waals surface area contributed by atoms with Gasteiger partial charge in [-0.1, -0.05) is 0 Å². The summed E-state index contributed by atoms with van der Waals surface area (Å²) in [7, 11) is 1.54. The minimum absolute atomic E-state index is 0.0549. The van der Waals surface area contributed by atoms with Gasteiger partial charge in [0.2, 0.25) is 5.91 Å². The summed E-state index contributed by atoms with van der Waals surface area (Å²) < 4.78 is 5.23. The van der Waals surface area contributed by atoms with Crippen molar-refractivity contribution in [2.24, 2.45) is 0 Å². The summed E-state index contributed by atoms with van der Waals surface area (Å²) in [6.45, 7) is 2.42. The van der Waals surface area contributed by atoms with Gasteiger partial charge in [-0.2, -0.15) is 0 Å². The van der Waals surface area contributed by atoms with E-state index < -0.39 is 0 Å². The van der Waals surface area contributed by atoms with Crippen LogP contribution in [0.25, 0.3) is 0 Å². The lowest BCUT2D eigenvalue weighted by atomic mass is 10.2. The third-order valence-electron chi connectivity index (χ3n) is 3.73. The van der Waals surface area contributed by atoms with Gasteiger partial charge < -0.3 is 20.9 Å². The van der Waals surface area contributed by atoms with Gasteiger partial charge in [-0.15, -0.1) is 0 Å². The molecule has 6 heteroatoms. The summed E-state index contributed by atoms with van der Waals surface area (Å²) in [5.74, 6) is 0.425. The molecule has 6 nitrogen and oxygen atoms in total. The van der Waals surface area contributed by atoms with Crippen LogP contribution in [0.5, 0.6) is 5.75 Å². The number of amides is 1. The SMILES string of the molecule is COc1cc(N)ccc1NC(=O)C(C)N(CCO)C1CC1. The number of nitrogens with one attached hydrogen (secondary N) is 1. The van der Waals surface area contributed by atoms with Crippen molar-refractivity contribution >= 4 is 17.3 Å². The third kappa shape index (κ3) is 3.86. The van der Waals surface area contributed by atoms with Crippen LogP contribution in [-0.2, 0) is 4.79 Å². The molecule has 1 fully saturated rings. The number of anilines is 2. The second-order valence-corrected chi connectivity index (χ2v) is 5.32. The number of benzene rings is 1. The lowest BCUT2D eigenvalue weighted by Gasteiger charge is -2.27. The number of hydrogen-bond donors (Lipinski definition) is 3. The zero-order chi connectivity index (χ0) is 15.4. The van der Waals surface area contributed by atoms with E-state index in [0.29, 0.717) is 29.7 Å². The highest BCUT2D eigenvalue weighted by atomic mass is 16.5. The topological polar surface area (TPSA) is 87.8 Å². The average Bonchev–Trinajstić information content (AvgIpc) is 3.30. The molecule has 0 saturated heterocycles. The largest absolute Gasteiger partial charge is 0.494 e. The molecule has 1 aromatic carbocycles. The molecular formula is C15H23N3O3. The maximum Gasteiger partial charge on any atom is 0.241 e. The van der Waals surface area contributed by atoms with Crippen LogP contribution in [0.3, 0.4) is 0 Å². The average molecular weight is 293 g/mol. The Balaban J connectivity index is 2.06. The molecule has 1 aliphatic carbocycles. The molecule has 0 radical (unpaired) electrons. The minimum Gasteiger partial charge on any atom is -0.494 e. The van der Waals surface area contributed by atoms with Crippen LogP contribution in [-0.4, -0.2) is 48.3 Å². The smallest absolute Gasteiger partial charge is 0.241 e. The van der Waals surface area contributed by atoms with Gasteiger partial charge >= 0.3 is 0 Å².